The molecule has 290 valence electrons. The van der Waals surface area contributed by atoms with Crippen LogP contribution in [0.25, 0.3) is 34.2 Å². The van der Waals surface area contributed by atoms with Crippen molar-refractivity contribution in [3.8, 4) is 34.2 Å². The van der Waals surface area contributed by atoms with E-state index in [1.807, 2.05) is 45.8 Å². The zero-order valence-electron chi connectivity index (χ0n) is 31.5. The van der Waals surface area contributed by atoms with Crippen molar-refractivity contribution < 1.29 is 9.94 Å². The van der Waals surface area contributed by atoms with Gasteiger partial charge in [0.25, 0.3) is 0 Å². The molecule has 0 amide bonds. The van der Waals surface area contributed by atoms with Crippen LogP contribution in [0, 0.1) is 0 Å². The molecule has 56 heavy (non-hydrogen) atoms. The van der Waals surface area contributed by atoms with Crippen molar-refractivity contribution in [1.29, 1.82) is 0 Å². The summed E-state index contributed by atoms with van der Waals surface area (Å²) in [5.74, 6) is 5.30. The molecule has 2 aliphatic heterocycles. The van der Waals surface area contributed by atoms with Crippen molar-refractivity contribution in [3.63, 3.8) is 0 Å². The summed E-state index contributed by atoms with van der Waals surface area (Å²) in [5, 5.41) is 26.8. The Labute approximate surface area is 335 Å². The van der Waals surface area contributed by atoms with Gasteiger partial charge in [0.05, 0.1) is 29.8 Å². The Bertz CT molecular complexity index is 2220. The summed E-state index contributed by atoms with van der Waals surface area (Å²) in [6.45, 7) is 4.40. The van der Waals surface area contributed by atoms with Crippen molar-refractivity contribution in [2.45, 2.75) is 102 Å². The minimum atomic E-state index is 0.168. The first kappa shape index (κ1) is 37.6. The Morgan fingerprint density at radius 2 is 1.11 bits per heavy atom. The molecule has 1 N–H and O–H groups in total. The smallest absolute Gasteiger partial charge is 0.222 e. The van der Waals surface area contributed by atoms with Crippen molar-refractivity contribution in [2.75, 3.05) is 15.1 Å². The van der Waals surface area contributed by atoms with Gasteiger partial charge in [-0.25, -0.2) is 19.9 Å². The monoisotopic (exact) mass is 795 g/mol. The lowest BCUT2D eigenvalue weighted by Gasteiger charge is -2.40. The van der Waals surface area contributed by atoms with Crippen molar-refractivity contribution in [1.82, 2.24) is 54.4 Å². The van der Waals surface area contributed by atoms with Gasteiger partial charge in [-0.3, -0.25) is 19.3 Å². The Morgan fingerprint density at radius 1 is 0.679 bits per heavy atom. The molecule has 0 saturated heterocycles. The average molecular weight is 797 g/mol. The summed E-state index contributed by atoms with van der Waals surface area (Å²) < 4.78 is 5.08. The van der Waals surface area contributed by atoms with E-state index in [9.17, 15) is 5.21 Å². The lowest BCUT2D eigenvalue weighted by atomic mass is 10.0. The van der Waals surface area contributed by atoms with Crippen LogP contribution in [0.4, 0.5) is 11.6 Å². The Morgan fingerprint density at radius 3 is 1.54 bits per heavy atom. The summed E-state index contributed by atoms with van der Waals surface area (Å²) >= 11 is 9.53. The second-order valence-electron chi connectivity index (χ2n) is 14.3. The second-order valence-corrected chi connectivity index (χ2v) is 15.1. The fraction of sp³-hybridized carbons (Fsp3) is 0.436. The van der Waals surface area contributed by atoms with E-state index >= 15 is 0 Å². The number of anilines is 2. The van der Waals surface area contributed by atoms with Gasteiger partial charge in [-0.2, -0.15) is 0 Å². The predicted octanol–water partition coefficient (Wildman–Crippen LogP) is 7.22. The minimum Gasteiger partial charge on any atom is -0.342 e. The number of nitrogens with zero attached hydrogens (tertiary/aromatic N) is 14. The zero-order valence-corrected chi connectivity index (χ0v) is 33.0. The number of hydrogen-bond donors (Lipinski definition) is 1. The second kappa shape index (κ2) is 16.8. The Balaban J connectivity index is 0.000000147. The van der Waals surface area contributed by atoms with Gasteiger partial charge in [0.1, 0.15) is 24.0 Å². The van der Waals surface area contributed by atoms with Crippen LogP contribution in [-0.2, 0) is 0 Å². The first-order chi connectivity index (χ1) is 27.5. The first-order valence-electron chi connectivity index (χ1n) is 19.4. The molecule has 8 heterocycles. The van der Waals surface area contributed by atoms with Crippen LogP contribution in [-0.4, -0.2) is 77.1 Å². The van der Waals surface area contributed by atoms with Gasteiger partial charge in [-0.1, -0.05) is 39.5 Å². The Kier molecular flexibility index (Phi) is 11.3. The number of fused-ring (bicyclic) bond motifs is 6. The van der Waals surface area contributed by atoms with Crippen LogP contribution in [0.2, 0.25) is 0 Å². The largest absolute Gasteiger partial charge is 0.342 e. The topological polar surface area (TPSA) is 156 Å². The van der Waals surface area contributed by atoms with Gasteiger partial charge in [0, 0.05) is 52.5 Å². The molecule has 17 heteroatoms. The molecular weight excluding hydrogens is 751 g/mol. The van der Waals surface area contributed by atoms with Crippen LogP contribution in [0.1, 0.15) is 102 Å². The van der Waals surface area contributed by atoms with Gasteiger partial charge in [-0.05, 0) is 50.7 Å². The van der Waals surface area contributed by atoms with E-state index in [1.165, 1.54) is 51.4 Å². The molecule has 4 aliphatic rings. The fourth-order valence-electron chi connectivity index (χ4n) is 8.64. The minimum absolute atomic E-state index is 0.168. The third-order valence-electron chi connectivity index (χ3n) is 11.1. The number of alkyl halides is 2. The van der Waals surface area contributed by atoms with Crippen LogP contribution in [0.5, 0.6) is 0 Å². The fourth-order valence-corrected chi connectivity index (χ4v) is 8.64. The van der Waals surface area contributed by atoms with Gasteiger partial charge in [0.2, 0.25) is 12.4 Å². The van der Waals surface area contributed by atoms with Crippen LogP contribution in [0.3, 0.4) is 0 Å². The normalized spacial score (nSPS) is 18.6. The molecule has 2 aliphatic carbocycles. The van der Waals surface area contributed by atoms with Crippen LogP contribution in [0.15, 0.2) is 74.1 Å². The molecule has 0 bridgehead atoms. The van der Waals surface area contributed by atoms with E-state index in [2.05, 4.69) is 59.0 Å². The molecule has 0 unspecified atom stereocenters. The maximum atomic E-state index is 9.48. The number of pyridine rings is 2. The molecule has 6 aromatic heterocycles. The highest BCUT2D eigenvalue weighted by Crippen LogP contribution is 2.44. The lowest BCUT2D eigenvalue weighted by Crippen LogP contribution is -2.42. The summed E-state index contributed by atoms with van der Waals surface area (Å²) in [6, 6.07) is 8.87. The lowest BCUT2D eigenvalue weighted by molar-refractivity contribution is -0.904. The Hall–Kier alpha value is -5.28. The quantitative estimate of drug-likeness (QED) is 0.103. The highest BCUT2D eigenvalue weighted by Gasteiger charge is 2.40. The van der Waals surface area contributed by atoms with Crippen LogP contribution >= 0.6 is 23.2 Å². The summed E-state index contributed by atoms with van der Waals surface area (Å²) in [6.07, 6.45) is 25.8. The number of halogens is 2. The third-order valence-corrected chi connectivity index (χ3v) is 11.1. The van der Waals surface area contributed by atoms with E-state index in [-0.39, 0.29) is 17.4 Å². The maximum absolute atomic E-state index is 9.48. The highest BCUT2D eigenvalue weighted by atomic mass is 35.5. The molecule has 0 aromatic carbocycles. The molecule has 2 fully saturated rings. The summed E-state index contributed by atoms with van der Waals surface area (Å²) in [5.41, 5.74) is 3.76. The molecule has 2 saturated carbocycles. The van der Waals surface area contributed by atoms with E-state index in [0.29, 0.717) is 17.9 Å². The van der Waals surface area contributed by atoms with Gasteiger partial charge >= 0.3 is 0 Å². The molecule has 2 atom stereocenters. The maximum Gasteiger partial charge on any atom is 0.222 e. The van der Waals surface area contributed by atoms with E-state index in [4.69, 9.17) is 33.2 Å². The average Bonchev–Trinajstić information content (AvgIpc) is 4.09. The highest BCUT2D eigenvalue weighted by molar-refractivity contribution is 6.40. The van der Waals surface area contributed by atoms with Gasteiger partial charge < -0.3 is 9.80 Å². The molecule has 10 rings (SSSR count). The zero-order chi connectivity index (χ0) is 38.6. The number of aromatic nitrogens is 12. The molecule has 6 aromatic rings. The standard InChI is InChI=1S/C19H22N7O.C19H21N7.CH2Cl2/c1-2-15-19-23-21-12-25(19)16-11-20-17(13-7-9-24(27)10-8-13)22-18(16)26(15)14-5-3-4-6-14;1-2-15-19-24-22-12-25(19)16-11-21-17(13-7-9-20-10-8-13)23-18(16)26(15)14-5-3-4-6-14;2-1-3/h7-12,14-15,27H,2-6H2,1H3;7-12,14-15H,2-6H2,1H3;1H2/q+1;;/t2*15-;/m11./s1. The van der Waals surface area contributed by atoms with Crippen molar-refractivity contribution in [3.05, 3.63) is 85.7 Å². The predicted molar refractivity (Wildman–Crippen MR) is 212 cm³/mol. The summed E-state index contributed by atoms with van der Waals surface area (Å²) in [4.78, 5) is 28.2. The van der Waals surface area contributed by atoms with Crippen molar-refractivity contribution in [2.24, 2.45) is 0 Å². The SMILES string of the molecule is CC[C@@H]1c2nncn2-c2cnc(-c3cc[n+](O)cc3)nc2N1C1CCCC1.CC[C@@H]1c2nncn2-c2cnc(-c3ccncc3)nc2N1C1CCCC1.ClCCl. The van der Waals surface area contributed by atoms with Gasteiger partial charge in [0.15, 0.2) is 34.9 Å². The van der Waals surface area contributed by atoms with E-state index in [0.717, 1.165) is 69.2 Å². The summed E-state index contributed by atoms with van der Waals surface area (Å²) in [7, 11) is 0. The van der Waals surface area contributed by atoms with Gasteiger partial charge in [-0.15, -0.1) is 43.6 Å². The molecule has 0 spiro atoms. The molecule has 0 radical (unpaired) electrons. The molecular formula is C39H45Cl2N14O+. The van der Waals surface area contributed by atoms with Crippen molar-refractivity contribution >= 4 is 34.8 Å². The number of rotatable bonds is 6. The van der Waals surface area contributed by atoms with Crippen LogP contribution < -0.4 is 14.5 Å². The van der Waals surface area contributed by atoms with E-state index < -0.39 is 0 Å². The molecule has 15 nitrogen and oxygen atoms in total. The van der Waals surface area contributed by atoms with E-state index in [1.54, 1.807) is 37.4 Å². The third kappa shape index (κ3) is 7.13. The first-order valence-corrected chi connectivity index (χ1v) is 20.5. The number of hydrogen-bond acceptors (Lipinski definition) is 12.